The minimum absolute atomic E-state index is 0.262. The highest BCUT2D eigenvalue weighted by atomic mass is 35.5. The predicted molar refractivity (Wildman–Crippen MR) is 111 cm³/mol. The summed E-state index contributed by atoms with van der Waals surface area (Å²) in [6.07, 6.45) is 2.40. The lowest BCUT2D eigenvalue weighted by molar-refractivity contribution is -0.000216. The Bertz CT molecular complexity index is 827. The number of piperidine rings is 1. The van der Waals surface area contributed by atoms with Gasteiger partial charge in [-0.2, -0.15) is 4.98 Å². The standard InChI is InChI=1S/C20H28ClN5O3/c21-20-22-17-13-16(29-18(17)19(23-20)26-7-11-28-12-8-26)14-24-3-1-15(2-4-24)25-5-9-27-10-6-25/h13,15H,1-12,14H2. The molecule has 3 fully saturated rings. The van der Waals surface area contributed by atoms with Crippen molar-refractivity contribution >= 4 is 28.5 Å². The van der Waals surface area contributed by atoms with Crippen molar-refractivity contribution in [2.75, 3.05) is 70.6 Å². The van der Waals surface area contributed by atoms with Crippen LogP contribution in [0.15, 0.2) is 10.5 Å². The molecule has 0 atom stereocenters. The van der Waals surface area contributed by atoms with Crippen LogP contribution in [-0.4, -0.2) is 91.5 Å². The molecule has 5 heterocycles. The van der Waals surface area contributed by atoms with Gasteiger partial charge in [0.25, 0.3) is 0 Å². The van der Waals surface area contributed by atoms with Gasteiger partial charge >= 0.3 is 0 Å². The molecule has 3 aliphatic heterocycles. The highest BCUT2D eigenvalue weighted by Crippen LogP contribution is 2.30. The van der Waals surface area contributed by atoms with Crippen LogP contribution in [0.3, 0.4) is 0 Å². The van der Waals surface area contributed by atoms with E-state index >= 15 is 0 Å². The maximum atomic E-state index is 6.22. The molecule has 8 nitrogen and oxygen atoms in total. The summed E-state index contributed by atoms with van der Waals surface area (Å²) in [6.45, 7) is 9.79. The summed E-state index contributed by atoms with van der Waals surface area (Å²) >= 11 is 6.19. The maximum absolute atomic E-state index is 6.22. The molecule has 0 spiro atoms. The Labute approximate surface area is 175 Å². The third-order valence-corrected chi connectivity index (χ3v) is 6.36. The molecule has 0 aliphatic carbocycles. The molecular formula is C20H28ClN5O3. The van der Waals surface area contributed by atoms with Gasteiger partial charge in [0, 0.05) is 51.4 Å². The number of rotatable bonds is 4. The predicted octanol–water partition coefficient (Wildman–Crippen LogP) is 2.01. The van der Waals surface area contributed by atoms with Crippen molar-refractivity contribution in [1.82, 2.24) is 19.8 Å². The Morgan fingerprint density at radius 2 is 1.62 bits per heavy atom. The van der Waals surface area contributed by atoms with E-state index in [0.29, 0.717) is 19.3 Å². The average Bonchev–Trinajstić information content (AvgIpc) is 3.17. The monoisotopic (exact) mass is 421 g/mol. The molecule has 0 N–H and O–H groups in total. The van der Waals surface area contributed by atoms with Crippen molar-refractivity contribution in [3.63, 3.8) is 0 Å². The fourth-order valence-corrected chi connectivity index (χ4v) is 4.78. The first-order chi connectivity index (χ1) is 14.3. The molecule has 29 heavy (non-hydrogen) atoms. The maximum Gasteiger partial charge on any atom is 0.225 e. The number of morpholine rings is 2. The van der Waals surface area contributed by atoms with Crippen LogP contribution in [0.5, 0.6) is 0 Å². The third kappa shape index (κ3) is 4.36. The fourth-order valence-electron chi connectivity index (χ4n) is 4.61. The number of anilines is 1. The topological polar surface area (TPSA) is 67.1 Å². The van der Waals surface area contributed by atoms with Crippen molar-refractivity contribution in [2.24, 2.45) is 0 Å². The van der Waals surface area contributed by atoms with E-state index in [1.54, 1.807) is 0 Å². The van der Waals surface area contributed by atoms with Gasteiger partial charge in [0.1, 0.15) is 11.3 Å². The van der Waals surface area contributed by atoms with Crippen LogP contribution in [0.1, 0.15) is 18.6 Å². The molecule has 2 aromatic heterocycles. The number of nitrogens with zero attached hydrogens (tertiary/aromatic N) is 5. The van der Waals surface area contributed by atoms with Crippen LogP contribution < -0.4 is 4.90 Å². The summed E-state index contributed by atoms with van der Waals surface area (Å²) in [7, 11) is 0. The first-order valence-electron chi connectivity index (χ1n) is 10.6. The molecule has 0 radical (unpaired) electrons. The van der Waals surface area contributed by atoms with Gasteiger partial charge in [-0.05, 0) is 24.4 Å². The van der Waals surface area contributed by atoms with Crippen molar-refractivity contribution in [1.29, 1.82) is 0 Å². The molecule has 5 rings (SSSR count). The lowest BCUT2D eigenvalue weighted by Crippen LogP contribution is -2.48. The smallest absolute Gasteiger partial charge is 0.225 e. The van der Waals surface area contributed by atoms with E-state index in [4.69, 9.17) is 25.5 Å². The number of aromatic nitrogens is 2. The summed E-state index contributed by atoms with van der Waals surface area (Å²) in [4.78, 5) is 16.1. The van der Waals surface area contributed by atoms with Gasteiger partial charge in [-0.15, -0.1) is 0 Å². The van der Waals surface area contributed by atoms with Gasteiger partial charge in [-0.1, -0.05) is 0 Å². The molecule has 0 amide bonds. The highest BCUT2D eigenvalue weighted by Gasteiger charge is 2.27. The van der Waals surface area contributed by atoms with E-state index in [9.17, 15) is 0 Å². The zero-order valence-electron chi connectivity index (χ0n) is 16.7. The summed E-state index contributed by atoms with van der Waals surface area (Å²) in [6, 6.07) is 2.70. The number of hydrogen-bond acceptors (Lipinski definition) is 8. The van der Waals surface area contributed by atoms with Crippen LogP contribution >= 0.6 is 11.6 Å². The molecule has 9 heteroatoms. The second-order valence-electron chi connectivity index (χ2n) is 8.00. The molecule has 0 aromatic carbocycles. The zero-order chi connectivity index (χ0) is 19.6. The van der Waals surface area contributed by atoms with Crippen LogP contribution in [0.4, 0.5) is 5.82 Å². The van der Waals surface area contributed by atoms with E-state index in [-0.39, 0.29) is 5.28 Å². The molecular weight excluding hydrogens is 394 g/mol. The van der Waals surface area contributed by atoms with Gasteiger partial charge in [0.2, 0.25) is 5.28 Å². The molecule has 3 saturated heterocycles. The quantitative estimate of drug-likeness (QED) is 0.694. The number of fused-ring (bicyclic) bond motifs is 1. The molecule has 158 valence electrons. The number of furan rings is 1. The highest BCUT2D eigenvalue weighted by molar-refractivity contribution is 6.28. The second-order valence-corrected chi connectivity index (χ2v) is 8.34. The first kappa shape index (κ1) is 19.5. The van der Waals surface area contributed by atoms with Gasteiger partial charge < -0.3 is 18.8 Å². The van der Waals surface area contributed by atoms with E-state index in [1.165, 1.54) is 12.8 Å². The number of ether oxygens (including phenoxy) is 2. The number of likely N-dealkylation sites (tertiary alicyclic amines) is 1. The van der Waals surface area contributed by atoms with Gasteiger partial charge in [-0.3, -0.25) is 9.80 Å². The minimum Gasteiger partial charge on any atom is -0.454 e. The molecule has 2 aromatic rings. The second kappa shape index (κ2) is 8.73. The van der Waals surface area contributed by atoms with Crippen LogP contribution in [0, 0.1) is 0 Å². The van der Waals surface area contributed by atoms with Gasteiger partial charge in [-0.25, -0.2) is 4.98 Å². The number of halogens is 1. The minimum atomic E-state index is 0.262. The lowest BCUT2D eigenvalue weighted by atomic mass is 10.0. The largest absolute Gasteiger partial charge is 0.454 e. The Morgan fingerprint density at radius 3 is 2.34 bits per heavy atom. The Hall–Kier alpha value is -1.45. The summed E-state index contributed by atoms with van der Waals surface area (Å²) in [5, 5.41) is 0.262. The van der Waals surface area contributed by atoms with Crippen molar-refractivity contribution in [3.8, 4) is 0 Å². The summed E-state index contributed by atoms with van der Waals surface area (Å²) in [5.74, 6) is 1.71. The van der Waals surface area contributed by atoms with Crippen molar-refractivity contribution < 1.29 is 13.9 Å². The van der Waals surface area contributed by atoms with E-state index in [1.807, 2.05) is 6.07 Å². The van der Waals surface area contributed by atoms with E-state index in [2.05, 4.69) is 24.7 Å². The Kier molecular flexibility index (Phi) is 5.87. The summed E-state index contributed by atoms with van der Waals surface area (Å²) in [5.41, 5.74) is 1.51. The molecule has 0 bridgehead atoms. The van der Waals surface area contributed by atoms with E-state index in [0.717, 1.165) is 81.7 Å². The van der Waals surface area contributed by atoms with Crippen molar-refractivity contribution in [2.45, 2.75) is 25.4 Å². The Morgan fingerprint density at radius 1 is 0.931 bits per heavy atom. The first-order valence-corrected chi connectivity index (χ1v) is 11.0. The van der Waals surface area contributed by atoms with Crippen LogP contribution in [0.25, 0.3) is 11.1 Å². The SMILES string of the molecule is Clc1nc(N2CCOCC2)c2oc(CN3CCC(N4CCOCC4)CC3)cc2n1. The average molecular weight is 422 g/mol. The molecule has 3 aliphatic rings. The number of hydrogen-bond donors (Lipinski definition) is 0. The van der Waals surface area contributed by atoms with E-state index < -0.39 is 0 Å². The van der Waals surface area contributed by atoms with Gasteiger partial charge in [0.15, 0.2) is 11.4 Å². The third-order valence-electron chi connectivity index (χ3n) is 6.19. The van der Waals surface area contributed by atoms with Gasteiger partial charge in [0.05, 0.1) is 33.0 Å². The Balaban J connectivity index is 1.26. The normalized spacial score (nSPS) is 23.1. The molecule has 0 saturated carbocycles. The zero-order valence-corrected chi connectivity index (χ0v) is 17.4. The lowest BCUT2D eigenvalue weighted by Gasteiger charge is -2.39. The summed E-state index contributed by atoms with van der Waals surface area (Å²) < 4.78 is 17.2. The van der Waals surface area contributed by atoms with Crippen molar-refractivity contribution in [3.05, 3.63) is 17.1 Å². The molecule has 0 unspecified atom stereocenters. The van der Waals surface area contributed by atoms with Crippen LogP contribution in [-0.2, 0) is 16.0 Å². The fraction of sp³-hybridized carbons (Fsp3) is 0.700. The van der Waals surface area contributed by atoms with Crippen LogP contribution in [0.2, 0.25) is 5.28 Å².